The van der Waals surface area contributed by atoms with Gasteiger partial charge in [-0.15, -0.1) is 5.10 Å². The summed E-state index contributed by atoms with van der Waals surface area (Å²) in [6.45, 7) is 2.04. The minimum Gasteiger partial charge on any atom is -0.350 e. The molecule has 2 heterocycles. The molecule has 0 bridgehead atoms. The minimum atomic E-state index is -0.872. The van der Waals surface area contributed by atoms with Crippen molar-refractivity contribution in [1.82, 2.24) is 29.9 Å². The van der Waals surface area contributed by atoms with E-state index in [1.165, 1.54) is 6.07 Å². The zero-order valence-electron chi connectivity index (χ0n) is 15.8. The molecule has 1 amide bonds. The van der Waals surface area contributed by atoms with Gasteiger partial charge in [0.25, 0.3) is 5.56 Å². The Balaban J connectivity index is 1.54. The number of fused-ring (bicyclic) bond motifs is 1. The molecule has 8 nitrogen and oxygen atoms in total. The Kier molecular flexibility index (Phi) is 5.05. The van der Waals surface area contributed by atoms with Crippen LogP contribution < -0.4 is 10.9 Å². The summed E-state index contributed by atoms with van der Waals surface area (Å²) in [6.07, 6.45) is 1.16. The van der Waals surface area contributed by atoms with E-state index in [-0.39, 0.29) is 29.3 Å². The molecule has 0 aliphatic rings. The van der Waals surface area contributed by atoms with Gasteiger partial charge in [0.15, 0.2) is 17.0 Å². The van der Waals surface area contributed by atoms with Crippen LogP contribution in [0.25, 0.3) is 16.9 Å². The number of nitrogens with one attached hydrogen (secondary N) is 1. The summed E-state index contributed by atoms with van der Waals surface area (Å²) in [5.41, 5.74) is 1.22. The van der Waals surface area contributed by atoms with Crippen LogP contribution in [0, 0.1) is 18.6 Å². The lowest BCUT2D eigenvalue weighted by molar-refractivity contribution is -0.121. The molecule has 0 radical (unpaired) electrons. The summed E-state index contributed by atoms with van der Waals surface area (Å²) in [4.78, 5) is 28.9. The van der Waals surface area contributed by atoms with Gasteiger partial charge in [-0.05, 0) is 24.6 Å². The average molecular weight is 410 g/mol. The van der Waals surface area contributed by atoms with Crippen LogP contribution >= 0.6 is 0 Å². The van der Waals surface area contributed by atoms with Crippen LogP contribution in [0.4, 0.5) is 8.78 Å². The number of hydrogen-bond acceptors (Lipinski definition) is 5. The van der Waals surface area contributed by atoms with Crippen molar-refractivity contribution in [2.45, 2.75) is 20.0 Å². The van der Waals surface area contributed by atoms with Gasteiger partial charge in [-0.2, -0.15) is 4.68 Å². The van der Waals surface area contributed by atoms with Gasteiger partial charge in [-0.1, -0.05) is 35.0 Å². The van der Waals surface area contributed by atoms with Gasteiger partial charge in [0, 0.05) is 12.6 Å². The largest absolute Gasteiger partial charge is 0.350 e. The first kappa shape index (κ1) is 19.4. The van der Waals surface area contributed by atoms with Crippen molar-refractivity contribution in [1.29, 1.82) is 0 Å². The van der Waals surface area contributed by atoms with Crippen molar-refractivity contribution in [3.05, 3.63) is 81.9 Å². The maximum atomic E-state index is 14.0. The van der Waals surface area contributed by atoms with Crippen LogP contribution in [0.2, 0.25) is 0 Å². The Hall–Kier alpha value is -3.95. The smallest absolute Gasteiger partial charge is 0.284 e. The molecule has 4 aromatic rings. The van der Waals surface area contributed by atoms with Crippen LogP contribution in [-0.4, -0.2) is 30.5 Å². The number of carbonyl (C=O) groups excluding carboxylic acids is 1. The van der Waals surface area contributed by atoms with E-state index in [9.17, 15) is 18.4 Å². The van der Waals surface area contributed by atoms with Crippen molar-refractivity contribution < 1.29 is 13.6 Å². The number of hydrogen-bond donors (Lipinski definition) is 1. The summed E-state index contributed by atoms with van der Waals surface area (Å²) in [5, 5.41) is 10.2. The van der Waals surface area contributed by atoms with E-state index in [0.29, 0.717) is 12.6 Å². The summed E-state index contributed by atoms with van der Waals surface area (Å²) < 4.78 is 29.3. The maximum absolute atomic E-state index is 14.0. The third-order valence-electron chi connectivity index (χ3n) is 4.49. The summed E-state index contributed by atoms with van der Waals surface area (Å²) in [5.74, 6) is -1.99. The highest BCUT2D eigenvalue weighted by molar-refractivity contribution is 5.76. The molecule has 0 spiro atoms. The Morgan fingerprint density at radius 1 is 1.13 bits per heavy atom. The van der Waals surface area contributed by atoms with Gasteiger partial charge in [0.1, 0.15) is 24.4 Å². The van der Waals surface area contributed by atoms with Gasteiger partial charge >= 0.3 is 0 Å². The second-order valence-corrected chi connectivity index (χ2v) is 6.71. The van der Waals surface area contributed by atoms with Gasteiger partial charge < -0.3 is 5.32 Å². The molecule has 0 atom stereocenters. The van der Waals surface area contributed by atoms with Crippen molar-refractivity contribution in [3.8, 4) is 5.69 Å². The average Bonchev–Trinajstić information content (AvgIpc) is 3.14. The van der Waals surface area contributed by atoms with Gasteiger partial charge in [-0.25, -0.2) is 13.8 Å². The van der Waals surface area contributed by atoms with E-state index in [1.807, 2.05) is 31.2 Å². The second kappa shape index (κ2) is 7.82. The van der Waals surface area contributed by atoms with E-state index >= 15 is 0 Å². The SMILES string of the molecule is Cc1ccc(CNC(=O)Cn2cnc3c(nnn3-c3ccc(F)cc3F)c2=O)cc1. The van der Waals surface area contributed by atoms with Crippen molar-refractivity contribution in [2.24, 2.45) is 0 Å². The van der Waals surface area contributed by atoms with E-state index in [0.717, 1.165) is 32.8 Å². The lowest BCUT2D eigenvalue weighted by Crippen LogP contribution is -2.32. The van der Waals surface area contributed by atoms with Crippen LogP contribution in [0.1, 0.15) is 11.1 Å². The minimum absolute atomic E-state index is 0.00169. The summed E-state index contributed by atoms with van der Waals surface area (Å²) >= 11 is 0. The molecule has 10 heteroatoms. The van der Waals surface area contributed by atoms with Crippen LogP contribution in [0.15, 0.2) is 53.6 Å². The van der Waals surface area contributed by atoms with Crippen LogP contribution in [-0.2, 0) is 17.9 Å². The molecule has 0 fully saturated rings. The Morgan fingerprint density at radius 2 is 1.90 bits per heavy atom. The number of benzene rings is 2. The van der Waals surface area contributed by atoms with Gasteiger partial charge in [0.2, 0.25) is 5.91 Å². The molecule has 152 valence electrons. The maximum Gasteiger partial charge on any atom is 0.284 e. The molecular weight excluding hydrogens is 394 g/mol. The summed E-state index contributed by atoms with van der Waals surface area (Å²) in [7, 11) is 0. The zero-order chi connectivity index (χ0) is 21.3. The lowest BCUT2D eigenvalue weighted by Gasteiger charge is -2.08. The number of aryl methyl sites for hydroxylation is 1. The molecule has 2 aromatic carbocycles. The quantitative estimate of drug-likeness (QED) is 0.542. The molecule has 0 unspecified atom stereocenters. The number of amides is 1. The standard InChI is InChI=1S/C20H16F2N6O2/c1-12-2-4-13(5-3-12)9-23-17(29)10-27-11-24-19-18(20(27)30)25-26-28(19)16-7-6-14(21)8-15(16)22/h2-8,11H,9-10H2,1H3,(H,23,29). The first-order valence-corrected chi connectivity index (χ1v) is 9.01. The van der Waals surface area contributed by atoms with Crippen molar-refractivity contribution >= 4 is 17.1 Å². The highest BCUT2D eigenvalue weighted by Gasteiger charge is 2.17. The van der Waals surface area contributed by atoms with Crippen LogP contribution in [0.3, 0.4) is 0 Å². The molecule has 30 heavy (non-hydrogen) atoms. The molecule has 0 aliphatic heterocycles. The molecule has 2 aromatic heterocycles. The summed E-state index contributed by atoms with van der Waals surface area (Å²) in [6, 6.07) is 10.6. The number of aromatic nitrogens is 5. The number of halogens is 2. The number of rotatable bonds is 5. The van der Waals surface area contributed by atoms with Gasteiger partial charge in [0.05, 0.1) is 0 Å². The highest BCUT2D eigenvalue weighted by Crippen LogP contribution is 2.16. The third-order valence-corrected chi connectivity index (χ3v) is 4.49. The van der Waals surface area contributed by atoms with Crippen LogP contribution in [0.5, 0.6) is 0 Å². The highest BCUT2D eigenvalue weighted by atomic mass is 19.1. The molecule has 0 aliphatic carbocycles. The fourth-order valence-electron chi connectivity index (χ4n) is 2.89. The monoisotopic (exact) mass is 410 g/mol. The molecule has 0 saturated heterocycles. The fraction of sp³-hybridized carbons (Fsp3) is 0.150. The van der Waals surface area contributed by atoms with E-state index in [1.54, 1.807) is 0 Å². The number of nitrogens with zero attached hydrogens (tertiary/aromatic N) is 5. The Morgan fingerprint density at radius 3 is 2.63 bits per heavy atom. The van der Waals surface area contributed by atoms with Crippen molar-refractivity contribution in [2.75, 3.05) is 0 Å². The predicted octanol–water partition coefficient (Wildman–Crippen LogP) is 1.88. The predicted molar refractivity (Wildman–Crippen MR) is 104 cm³/mol. The molecule has 1 N–H and O–H groups in total. The fourth-order valence-corrected chi connectivity index (χ4v) is 2.89. The molecule has 0 saturated carbocycles. The molecular formula is C20H16F2N6O2. The third kappa shape index (κ3) is 3.79. The van der Waals surface area contributed by atoms with Gasteiger partial charge in [-0.3, -0.25) is 14.2 Å². The Labute approximate surface area is 168 Å². The lowest BCUT2D eigenvalue weighted by atomic mass is 10.1. The van der Waals surface area contributed by atoms with E-state index in [2.05, 4.69) is 20.6 Å². The molecule has 4 rings (SSSR count). The van der Waals surface area contributed by atoms with E-state index < -0.39 is 17.2 Å². The zero-order valence-corrected chi connectivity index (χ0v) is 15.8. The van der Waals surface area contributed by atoms with E-state index in [4.69, 9.17) is 0 Å². The normalized spacial score (nSPS) is 11.0. The number of carbonyl (C=O) groups is 1. The first-order chi connectivity index (χ1) is 14.4. The Bertz CT molecular complexity index is 1300. The first-order valence-electron chi connectivity index (χ1n) is 9.01. The van der Waals surface area contributed by atoms with Crippen molar-refractivity contribution in [3.63, 3.8) is 0 Å². The topological polar surface area (TPSA) is 94.7 Å². The second-order valence-electron chi connectivity index (χ2n) is 6.71.